The van der Waals surface area contributed by atoms with E-state index in [1.165, 1.54) is 0 Å². The normalized spacial score (nSPS) is 0. The standard InChI is InChI=1S/Ag.AsH3.Pb.Sb.Sn.7H/h;1H3;;;;;;;;;;. The van der Waals surface area contributed by atoms with Crippen molar-refractivity contribution >= 4 is 93.6 Å². The van der Waals surface area contributed by atoms with Crippen molar-refractivity contribution in [1.29, 1.82) is 0 Å². The number of rotatable bonds is 0. The van der Waals surface area contributed by atoms with Crippen LogP contribution >= 0.6 is 0 Å². The van der Waals surface area contributed by atoms with Gasteiger partial charge in [-0.15, -0.1) is 0 Å². The molecular weight excluding hydrogens is 630 g/mol. The van der Waals surface area contributed by atoms with Crippen molar-refractivity contribution < 1.29 is 22.4 Å². The molecule has 0 amide bonds. The summed E-state index contributed by atoms with van der Waals surface area (Å²) in [6.07, 6.45) is 0. The van der Waals surface area contributed by atoms with Gasteiger partial charge in [-0.05, 0) is 0 Å². The number of hydrogen-bond donors (Lipinski definition) is 0. The molecule has 5 radical (unpaired) electrons. The predicted molar refractivity (Wildman–Crippen MR) is 37.0 cm³/mol. The van der Waals surface area contributed by atoms with Crippen LogP contribution in [-0.4, -0.2) is 93.6 Å². The molecule has 0 nitrogen and oxygen atoms in total. The second-order valence-corrected chi connectivity index (χ2v) is 0. The summed E-state index contributed by atoms with van der Waals surface area (Å²) in [4.78, 5) is 0. The van der Waals surface area contributed by atoms with E-state index in [0.717, 1.165) is 0 Å². The fraction of sp³-hybridized carbons (Fsp3) is 0. The third-order valence-electron chi connectivity index (χ3n) is 0. The van der Waals surface area contributed by atoms with Crippen molar-refractivity contribution in [2.75, 3.05) is 0 Å². The van der Waals surface area contributed by atoms with Crippen molar-refractivity contribution in [1.82, 2.24) is 0 Å². The molecule has 1 unspecified atom stereocenters. The summed E-state index contributed by atoms with van der Waals surface area (Å²) in [7, 11) is 0. The summed E-state index contributed by atoms with van der Waals surface area (Å²) < 4.78 is 0. The third-order valence-corrected chi connectivity index (χ3v) is 0. The molecule has 0 aliphatic rings. The molecule has 1 atom stereocenters. The molecular formula is H10AgAsPbSbSn. The second kappa shape index (κ2) is 24.9. The molecule has 39 valence electrons. The molecule has 0 spiro atoms. The molecule has 0 rings (SSSR count). The van der Waals surface area contributed by atoms with Crippen LogP contribution in [0.25, 0.3) is 0 Å². The Morgan fingerprint density at radius 3 is 1.00 bits per heavy atom. The van der Waals surface area contributed by atoms with Crippen LogP contribution in [-0.2, 0) is 22.4 Å². The summed E-state index contributed by atoms with van der Waals surface area (Å²) >= 11 is 0. The summed E-state index contributed by atoms with van der Waals surface area (Å²) in [6, 6.07) is 0. The van der Waals surface area contributed by atoms with Gasteiger partial charge in [0.05, 0.1) is 0 Å². The summed E-state index contributed by atoms with van der Waals surface area (Å²) in [5.74, 6) is 0. The maximum atomic E-state index is 0. The Morgan fingerprint density at radius 2 is 1.00 bits per heavy atom. The van der Waals surface area contributed by atoms with Crippen molar-refractivity contribution in [3.63, 3.8) is 0 Å². The first kappa shape index (κ1) is 36.9. The average Bonchev–Trinajstić information content (AvgIpc) is 0. The van der Waals surface area contributed by atoms with Crippen LogP contribution in [0.2, 0.25) is 0 Å². The van der Waals surface area contributed by atoms with Gasteiger partial charge in [0.1, 0.15) is 0 Å². The molecule has 0 fully saturated rings. The molecule has 0 aliphatic heterocycles. The molecule has 0 heterocycles. The minimum atomic E-state index is 0. The van der Waals surface area contributed by atoms with Crippen LogP contribution in [0.5, 0.6) is 0 Å². The molecule has 0 aliphatic carbocycles. The van der Waals surface area contributed by atoms with E-state index in [1.54, 1.807) is 0 Å². The van der Waals surface area contributed by atoms with Gasteiger partial charge >= 0.3 is 93.6 Å². The van der Waals surface area contributed by atoms with Gasteiger partial charge in [0, 0.05) is 22.4 Å². The summed E-state index contributed by atoms with van der Waals surface area (Å²) in [5, 5.41) is 0. The monoisotopic (exact) mass is 641 g/mol. The Labute approximate surface area is 113 Å². The van der Waals surface area contributed by atoms with Gasteiger partial charge in [0.2, 0.25) is 0 Å². The maximum absolute atomic E-state index is 0. The van der Waals surface area contributed by atoms with E-state index in [-0.39, 0.29) is 116 Å². The molecule has 0 saturated carbocycles. The van der Waals surface area contributed by atoms with Crippen LogP contribution in [0.3, 0.4) is 0 Å². The molecule has 0 bridgehead atoms. The van der Waals surface area contributed by atoms with Gasteiger partial charge in [-0.1, -0.05) is 0 Å². The van der Waals surface area contributed by atoms with Crippen LogP contribution in [0.4, 0.5) is 0 Å². The van der Waals surface area contributed by atoms with Gasteiger partial charge < -0.3 is 0 Å². The average molecular weight is 641 g/mol. The SMILES string of the molecule is [Ag].[AsH3].[PbH2].[SbH3].[SnH2]. The van der Waals surface area contributed by atoms with E-state index in [2.05, 4.69) is 0 Å². The van der Waals surface area contributed by atoms with Crippen LogP contribution in [0.15, 0.2) is 0 Å². The van der Waals surface area contributed by atoms with Gasteiger partial charge in [0.25, 0.3) is 0 Å². The molecule has 0 aromatic rings. The van der Waals surface area contributed by atoms with E-state index < -0.39 is 0 Å². The Bertz CT molecular complexity index is 11.6. The van der Waals surface area contributed by atoms with Crippen LogP contribution in [0.1, 0.15) is 0 Å². The first-order valence-electron chi connectivity index (χ1n) is 0. The van der Waals surface area contributed by atoms with Crippen molar-refractivity contribution in [3.8, 4) is 0 Å². The van der Waals surface area contributed by atoms with E-state index in [0.29, 0.717) is 0 Å². The molecule has 0 aromatic carbocycles. The van der Waals surface area contributed by atoms with E-state index in [1.807, 2.05) is 0 Å². The predicted octanol–water partition coefficient (Wildman–Crippen LogP) is -4.20. The second-order valence-electron chi connectivity index (χ2n) is 0. The quantitative estimate of drug-likeness (QED) is 0.236. The molecule has 5 heavy (non-hydrogen) atoms. The van der Waals surface area contributed by atoms with E-state index in [9.17, 15) is 0 Å². The Hall–Kier alpha value is 3.84. The van der Waals surface area contributed by atoms with Crippen molar-refractivity contribution in [2.45, 2.75) is 0 Å². The summed E-state index contributed by atoms with van der Waals surface area (Å²) in [6.45, 7) is 0. The molecule has 0 saturated heterocycles. The zero-order valence-corrected chi connectivity index (χ0v) is 21.1. The van der Waals surface area contributed by atoms with E-state index >= 15 is 0 Å². The minimum absolute atomic E-state index is 0. The Morgan fingerprint density at radius 1 is 1.00 bits per heavy atom. The first-order chi connectivity index (χ1) is 0. The van der Waals surface area contributed by atoms with Gasteiger partial charge in [-0.2, -0.15) is 0 Å². The van der Waals surface area contributed by atoms with Crippen molar-refractivity contribution in [2.24, 2.45) is 0 Å². The Balaban J connectivity index is 0. The zero-order valence-electron chi connectivity index (χ0n) is 3.13. The van der Waals surface area contributed by atoms with Gasteiger partial charge in [0.15, 0.2) is 0 Å². The number of hydrogen-bond acceptors (Lipinski definition) is 0. The van der Waals surface area contributed by atoms with Crippen molar-refractivity contribution in [3.05, 3.63) is 0 Å². The van der Waals surface area contributed by atoms with Crippen LogP contribution < -0.4 is 0 Å². The van der Waals surface area contributed by atoms with Gasteiger partial charge in [-0.25, -0.2) is 0 Å². The van der Waals surface area contributed by atoms with E-state index in [4.69, 9.17) is 0 Å². The first-order valence-corrected chi connectivity index (χ1v) is 0. The fourth-order valence-electron chi connectivity index (χ4n) is 0. The molecule has 5 heteroatoms. The fourth-order valence-corrected chi connectivity index (χ4v) is 0. The molecule has 0 N–H and O–H groups in total. The molecule has 0 aromatic heterocycles. The van der Waals surface area contributed by atoms with Crippen LogP contribution in [0, 0.1) is 0 Å². The summed E-state index contributed by atoms with van der Waals surface area (Å²) in [5.41, 5.74) is 0. The topological polar surface area (TPSA) is 0 Å². The van der Waals surface area contributed by atoms with Gasteiger partial charge in [-0.3, -0.25) is 0 Å². The Kier molecular flexibility index (Phi) is 183. The zero-order chi connectivity index (χ0) is 0. The third kappa shape index (κ3) is 18.1.